The second-order valence-corrected chi connectivity index (χ2v) is 2.68. The summed E-state index contributed by atoms with van der Waals surface area (Å²) in [6.07, 6.45) is 5.17. The summed E-state index contributed by atoms with van der Waals surface area (Å²) in [4.78, 5) is 13.2. The number of carbonyl (C=O) groups excluding carboxylic acids is 1. The Morgan fingerprint density at radius 3 is 2.80 bits per heavy atom. The lowest BCUT2D eigenvalue weighted by Crippen LogP contribution is -1.98. The van der Waals surface area contributed by atoms with Crippen molar-refractivity contribution in [2.75, 3.05) is 6.54 Å². The van der Waals surface area contributed by atoms with Crippen LogP contribution >= 0.6 is 0 Å². The molecule has 10 heavy (non-hydrogen) atoms. The molecule has 0 aromatic rings. The first kappa shape index (κ1) is 9.38. The van der Waals surface area contributed by atoms with Crippen molar-refractivity contribution in [3.8, 4) is 0 Å². The van der Waals surface area contributed by atoms with Crippen molar-refractivity contribution in [2.45, 2.75) is 33.1 Å². The normalized spacial score (nSPS) is 12.2. The molecule has 1 unspecified atom stereocenters. The lowest BCUT2D eigenvalue weighted by Gasteiger charge is -2.03. The van der Waals surface area contributed by atoms with Gasteiger partial charge in [0.15, 0.2) is 0 Å². The quantitative estimate of drug-likeness (QED) is 0.426. The van der Waals surface area contributed by atoms with E-state index in [0.29, 0.717) is 12.5 Å². The van der Waals surface area contributed by atoms with Gasteiger partial charge in [0.2, 0.25) is 6.08 Å². The van der Waals surface area contributed by atoms with Gasteiger partial charge in [-0.3, -0.25) is 0 Å². The Kier molecular flexibility index (Phi) is 6.10. The first-order valence-corrected chi connectivity index (χ1v) is 3.84. The first-order valence-electron chi connectivity index (χ1n) is 3.84. The minimum atomic E-state index is 0.543. The zero-order chi connectivity index (χ0) is 7.82. The van der Waals surface area contributed by atoms with Crippen LogP contribution in [-0.4, -0.2) is 12.6 Å². The molecule has 0 bridgehead atoms. The maximum Gasteiger partial charge on any atom is 0.234 e. The van der Waals surface area contributed by atoms with Gasteiger partial charge >= 0.3 is 0 Å². The molecule has 0 aliphatic heterocycles. The average molecular weight is 141 g/mol. The van der Waals surface area contributed by atoms with Gasteiger partial charge in [-0.2, -0.15) is 0 Å². The number of nitrogens with zero attached hydrogens (tertiary/aromatic N) is 1. The van der Waals surface area contributed by atoms with Gasteiger partial charge in [-0.25, -0.2) is 9.79 Å². The molecule has 0 saturated carbocycles. The van der Waals surface area contributed by atoms with Crippen molar-refractivity contribution in [1.82, 2.24) is 0 Å². The Balaban J connectivity index is 3.24. The Hall–Kier alpha value is -0.620. The molecule has 0 amide bonds. The van der Waals surface area contributed by atoms with Crippen molar-refractivity contribution in [3.63, 3.8) is 0 Å². The third kappa shape index (κ3) is 5.52. The molecule has 0 radical (unpaired) electrons. The summed E-state index contributed by atoms with van der Waals surface area (Å²) in [5, 5.41) is 0. The van der Waals surface area contributed by atoms with Gasteiger partial charge in [-0.15, -0.1) is 0 Å². The minimum absolute atomic E-state index is 0.543. The molecule has 0 fully saturated rings. The first-order chi connectivity index (χ1) is 4.81. The number of hydrogen-bond donors (Lipinski definition) is 0. The van der Waals surface area contributed by atoms with Crippen LogP contribution in [0.25, 0.3) is 0 Å². The van der Waals surface area contributed by atoms with Gasteiger partial charge in [0.05, 0.1) is 6.54 Å². The summed E-state index contributed by atoms with van der Waals surface area (Å²) in [6.45, 7) is 4.91. The molecular weight excluding hydrogens is 126 g/mol. The number of isocyanates is 1. The van der Waals surface area contributed by atoms with E-state index >= 15 is 0 Å². The highest BCUT2D eigenvalue weighted by molar-refractivity contribution is 5.32. The van der Waals surface area contributed by atoms with E-state index in [1.807, 2.05) is 0 Å². The summed E-state index contributed by atoms with van der Waals surface area (Å²) in [5.41, 5.74) is 0. The van der Waals surface area contributed by atoms with E-state index in [0.717, 1.165) is 0 Å². The van der Waals surface area contributed by atoms with Gasteiger partial charge < -0.3 is 0 Å². The third-order valence-electron chi connectivity index (χ3n) is 1.52. The summed E-state index contributed by atoms with van der Waals surface area (Å²) in [6, 6.07) is 0. The fourth-order valence-electron chi connectivity index (χ4n) is 0.837. The van der Waals surface area contributed by atoms with Gasteiger partial charge in [-0.1, -0.05) is 26.7 Å². The SMILES string of the molecule is CCCCC(C)CN=C=O. The summed E-state index contributed by atoms with van der Waals surface area (Å²) < 4.78 is 0. The van der Waals surface area contributed by atoms with Crippen LogP contribution in [0.2, 0.25) is 0 Å². The van der Waals surface area contributed by atoms with Crippen LogP contribution in [0.15, 0.2) is 4.99 Å². The van der Waals surface area contributed by atoms with Crippen LogP contribution in [0.5, 0.6) is 0 Å². The van der Waals surface area contributed by atoms with Crippen molar-refractivity contribution in [2.24, 2.45) is 10.9 Å². The van der Waals surface area contributed by atoms with Crippen molar-refractivity contribution >= 4 is 6.08 Å². The van der Waals surface area contributed by atoms with Crippen LogP contribution in [0.1, 0.15) is 33.1 Å². The van der Waals surface area contributed by atoms with E-state index in [4.69, 9.17) is 0 Å². The second-order valence-electron chi connectivity index (χ2n) is 2.68. The predicted molar refractivity (Wildman–Crippen MR) is 41.7 cm³/mol. The Bertz CT molecular complexity index is 116. The maximum absolute atomic E-state index is 9.69. The fourth-order valence-corrected chi connectivity index (χ4v) is 0.837. The zero-order valence-electron chi connectivity index (χ0n) is 6.76. The maximum atomic E-state index is 9.69. The highest BCUT2D eigenvalue weighted by atomic mass is 16.1. The largest absolute Gasteiger partial charge is 0.234 e. The third-order valence-corrected chi connectivity index (χ3v) is 1.52. The lowest BCUT2D eigenvalue weighted by atomic mass is 10.1. The van der Waals surface area contributed by atoms with Crippen LogP contribution in [0, 0.1) is 5.92 Å². The standard InChI is InChI=1S/C8H15NO/c1-3-4-5-8(2)6-9-7-10/h8H,3-6H2,1-2H3. The van der Waals surface area contributed by atoms with Crippen LogP contribution in [0.3, 0.4) is 0 Å². The molecule has 0 aliphatic carbocycles. The van der Waals surface area contributed by atoms with Crippen LogP contribution in [-0.2, 0) is 4.79 Å². The Morgan fingerprint density at radius 1 is 1.60 bits per heavy atom. The van der Waals surface area contributed by atoms with E-state index in [1.54, 1.807) is 6.08 Å². The molecule has 0 saturated heterocycles. The summed E-state index contributed by atoms with van der Waals surface area (Å²) in [5.74, 6) is 0.543. The number of hydrogen-bond acceptors (Lipinski definition) is 2. The van der Waals surface area contributed by atoms with Gasteiger partial charge in [0.1, 0.15) is 0 Å². The van der Waals surface area contributed by atoms with E-state index in [1.165, 1.54) is 19.3 Å². The smallest absolute Gasteiger partial charge is 0.211 e. The summed E-state index contributed by atoms with van der Waals surface area (Å²) >= 11 is 0. The van der Waals surface area contributed by atoms with Crippen molar-refractivity contribution in [3.05, 3.63) is 0 Å². The molecule has 0 heterocycles. The number of aliphatic imine (C=N–C) groups is 1. The number of rotatable bonds is 5. The highest BCUT2D eigenvalue weighted by Gasteiger charge is 1.98. The fraction of sp³-hybridized carbons (Fsp3) is 0.875. The Labute approximate surface area is 62.4 Å². The van der Waals surface area contributed by atoms with E-state index < -0.39 is 0 Å². The highest BCUT2D eigenvalue weighted by Crippen LogP contribution is 2.06. The number of unbranched alkanes of at least 4 members (excludes halogenated alkanes) is 1. The van der Waals surface area contributed by atoms with Gasteiger partial charge in [-0.05, 0) is 12.3 Å². The molecule has 2 heteroatoms. The van der Waals surface area contributed by atoms with Gasteiger partial charge in [0, 0.05) is 0 Å². The van der Waals surface area contributed by atoms with Crippen LogP contribution < -0.4 is 0 Å². The molecule has 0 N–H and O–H groups in total. The predicted octanol–water partition coefficient (Wildman–Crippen LogP) is 2.15. The molecule has 58 valence electrons. The molecule has 0 aromatic heterocycles. The second kappa shape index (κ2) is 6.50. The van der Waals surface area contributed by atoms with Crippen LogP contribution in [0.4, 0.5) is 0 Å². The molecule has 0 rings (SSSR count). The molecule has 0 spiro atoms. The van der Waals surface area contributed by atoms with Crippen molar-refractivity contribution < 1.29 is 4.79 Å². The van der Waals surface area contributed by atoms with E-state index in [9.17, 15) is 4.79 Å². The van der Waals surface area contributed by atoms with E-state index in [2.05, 4.69) is 18.8 Å². The molecule has 1 atom stereocenters. The van der Waals surface area contributed by atoms with Gasteiger partial charge in [0.25, 0.3) is 0 Å². The minimum Gasteiger partial charge on any atom is -0.211 e. The zero-order valence-corrected chi connectivity index (χ0v) is 6.76. The monoisotopic (exact) mass is 141 g/mol. The summed E-state index contributed by atoms with van der Waals surface area (Å²) in [7, 11) is 0. The molecule has 2 nitrogen and oxygen atoms in total. The average Bonchev–Trinajstić information content (AvgIpc) is 1.97. The lowest BCUT2D eigenvalue weighted by molar-refractivity contribution is 0.510. The molecule has 0 aliphatic rings. The molecular formula is C8H15NO. The Morgan fingerprint density at radius 2 is 2.30 bits per heavy atom. The van der Waals surface area contributed by atoms with E-state index in [-0.39, 0.29) is 0 Å². The topological polar surface area (TPSA) is 29.4 Å². The van der Waals surface area contributed by atoms with Crippen molar-refractivity contribution in [1.29, 1.82) is 0 Å². The molecule has 0 aromatic carbocycles.